The second kappa shape index (κ2) is 6.39. The van der Waals surface area contributed by atoms with Crippen molar-refractivity contribution in [1.29, 1.82) is 0 Å². The van der Waals surface area contributed by atoms with Crippen molar-refractivity contribution in [1.82, 2.24) is 9.55 Å². The molecule has 0 unspecified atom stereocenters. The van der Waals surface area contributed by atoms with Crippen LogP contribution in [0.5, 0.6) is 0 Å². The second-order valence-electron chi connectivity index (χ2n) is 6.35. The van der Waals surface area contributed by atoms with Crippen LogP contribution >= 0.6 is 45.9 Å². The van der Waals surface area contributed by atoms with Gasteiger partial charge in [-0.3, -0.25) is 9.59 Å². The Bertz CT molecular complexity index is 1290. The van der Waals surface area contributed by atoms with Gasteiger partial charge in [-0.15, -0.1) is 22.7 Å². The van der Waals surface area contributed by atoms with Crippen LogP contribution in [0, 0.1) is 0 Å². The van der Waals surface area contributed by atoms with Crippen molar-refractivity contribution in [2.24, 2.45) is 7.05 Å². The number of halogens is 2. The zero-order chi connectivity index (χ0) is 19.6. The van der Waals surface area contributed by atoms with Crippen molar-refractivity contribution in [2.75, 3.05) is 0 Å². The minimum Gasteiger partial charge on any atom is -0.341 e. The number of carbonyl (C=O) groups excluding carboxylic acids is 2. The highest BCUT2D eigenvalue weighted by molar-refractivity contribution is 7.20. The molecule has 0 saturated carbocycles. The Labute approximate surface area is 177 Å². The Morgan fingerprint density at radius 3 is 2.29 bits per heavy atom. The number of Topliss-reactive ketones (excluding diaryl/α,β-unsaturated/α-hetero) is 2. The van der Waals surface area contributed by atoms with Gasteiger partial charge in [-0.1, -0.05) is 23.2 Å². The van der Waals surface area contributed by atoms with Gasteiger partial charge in [0.15, 0.2) is 11.6 Å². The van der Waals surface area contributed by atoms with Crippen LogP contribution in [-0.4, -0.2) is 21.1 Å². The van der Waals surface area contributed by atoms with Crippen LogP contribution in [0.3, 0.4) is 0 Å². The van der Waals surface area contributed by atoms with E-state index in [2.05, 4.69) is 15.6 Å². The molecule has 0 N–H and O–H groups in total. The topological polar surface area (TPSA) is 52.0 Å². The average molecular weight is 445 g/mol. The SMILES string of the molecule is Cn1c(-c2nccs2)cc2sc(C=C3C(=O)c4cc(Cl)c(Cl)cc4C3=O)cc21. The number of ketones is 2. The summed E-state index contributed by atoms with van der Waals surface area (Å²) < 4.78 is 3.14. The molecule has 4 aromatic rings. The third-order valence-corrected chi connectivity index (χ3v) is 7.26. The van der Waals surface area contributed by atoms with E-state index in [-0.39, 0.29) is 27.2 Å². The number of allylic oxidation sites excluding steroid dienone is 1. The van der Waals surface area contributed by atoms with Crippen molar-refractivity contribution >= 4 is 73.7 Å². The van der Waals surface area contributed by atoms with Crippen LogP contribution in [-0.2, 0) is 7.05 Å². The van der Waals surface area contributed by atoms with Gasteiger partial charge < -0.3 is 4.57 Å². The first-order valence-corrected chi connectivity index (χ1v) is 10.7. The number of aromatic nitrogens is 2. The van der Waals surface area contributed by atoms with Crippen molar-refractivity contribution in [3.05, 3.63) is 67.5 Å². The Morgan fingerprint density at radius 1 is 1.04 bits per heavy atom. The fraction of sp³-hybridized carbons (Fsp3) is 0.0500. The lowest BCUT2D eigenvalue weighted by Crippen LogP contribution is -1.99. The van der Waals surface area contributed by atoms with Crippen molar-refractivity contribution in [3.8, 4) is 10.7 Å². The monoisotopic (exact) mass is 444 g/mol. The number of benzene rings is 1. The Balaban J connectivity index is 1.57. The molecule has 3 aromatic heterocycles. The number of nitrogens with zero attached hydrogens (tertiary/aromatic N) is 2. The number of aryl methyl sites for hydroxylation is 1. The molecule has 138 valence electrons. The minimum atomic E-state index is -0.320. The molecule has 0 amide bonds. The summed E-state index contributed by atoms with van der Waals surface area (Å²) in [4.78, 5) is 30.6. The number of carbonyl (C=O) groups is 2. The Morgan fingerprint density at radius 2 is 1.71 bits per heavy atom. The fourth-order valence-electron chi connectivity index (χ4n) is 3.35. The molecule has 0 atom stereocenters. The Kier molecular flexibility index (Phi) is 4.07. The van der Waals surface area contributed by atoms with Crippen molar-refractivity contribution < 1.29 is 9.59 Å². The van der Waals surface area contributed by atoms with Crippen molar-refractivity contribution in [3.63, 3.8) is 0 Å². The van der Waals surface area contributed by atoms with Crippen LogP contribution in [0.1, 0.15) is 25.6 Å². The normalized spacial score (nSPS) is 13.6. The van der Waals surface area contributed by atoms with Crippen LogP contribution in [0.15, 0.2) is 41.4 Å². The summed E-state index contributed by atoms with van der Waals surface area (Å²) in [6, 6.07) is 6.98. The Hall–Kier alpha value is -2.25. The van der Waals surface area contributed by atoms with E-state index in [1.165, 1.54) is 23.5 Å². The molecule has 4 nitrogen and oxygen atoms in total. The highest BCUT2D eigenvalue weighted by atomic mass is 35.5. The quantitative estimate of drug-likeness (QED) is 0.275. The minimum absolute atomic E-state index is 0.139. The third-order valence-electron chi connectivity index (χ3n) is 4.73. The van der Waals surface area contributed by atoms with E-state index in [4.69, 9.17) is 23.2 Å². The summed E-state index contributed by atoms with van der Waals surface area (Å²) in [7, 11) is 1.98. The molecule has 0 fully saturated rings. The smallest absolute Gasteiger partial charge is 0.197 e. The summed E-state index contributed by atoms with van der Waals surface area (Å²) in [5.41, 5.74) is 2.82. The van der Waals surface area contributed by atoms with Crippen LogP contribution in [0.2, 0.25) is 10.0 Å². The van der Waals surface area contributed by atoms with Gasteiger partial charge in [-0.2, -0.15) is 0 Å². The zero-order valence-electron chi connectivity index (χ0n) is 14.3. The third kappa shape index (κ3) is 2.60. The van der Waals surface area contributed by atoms with E-state index >= 15 is 0 Å². The molecular weight excluding hydrogens is 435 g/mol. The molecule has 1 aliphatic rings. The molecule has 0 saturated heterocycles. The first-order chi connectivity index (χ1) is 13.4. The summed E-state index contributed by atoms with van der Waals surface area (Å²) in [5, 5.41) is 3.43. The predicted molar refractivity (Wildman–Crippen MR) is 115 cm³/mol. The molecule has 0 radical (unpaired) electrons. The zero-order valence-corrected chi connectivity index (χ0v) is 17.5. The number of fused-ring (bicyclic) bond motifs is 2. The predicted octanol–water partition coefficient (Wildman–Crippen LogP) is 6.13. The number of hydrogen-bond donors (Lipinski definition) is 0. The summed E-state index contributed by atoms with van der Waals surface area (Å²) >= 11 is 15.1. The van der Waals surface area contributed by atoms with Gasteiger partial charge in [0.25, 0.3) is 0 Å². The maximum Gasteiger partial charge on any atom is 0.197 e. The average Bonchev–Trinajstić information content (AvgIpc) is 3.41. The first kappa shape index (κ1) is 17.8. The lowest BCUT2D eigenvalue weighted by Gasteiger charge is -1.99. The van der Waals surface area contributed by atoms with Gasteiger partial charge in [-0.25, -0.2) is 4.98 Å². The molecule has 0 spiro atoms. The van der Waals surface area contributed by atoms with Gasteiger partial charge >= 0.3 is 0 Å². The number of thiazole rings is 1. The largest absolute Gasteiger partial charge is 0.341 e. The van der Waals surface area contributed by atoms with Crippen LogP contribution in [0.4, 0.5) is 0 Å². The van der Waals surface area contributed by atoms with E-state index in [1.807, 2.05) is 18.5 Å². The molecular formula is C20H10Cl2N2O2S2. The highest BCUT2D eigenvalue weighted by Gasteiger charge is 2.34. The van der Waals surface area contributed by atoms with Crippen molar-refractivity contribution in [2.45, 2.75) is 0 Å². The lowest BCUT2D eigenvalue weighted by molar-refractivity contribution is 0.0990. The fourth-order valence-corrected chi connectivity index (χ4v) is 5.43. The molecule has 0 bridgehead atoms. The van der Waals surface area contributed by atoms with Gasteiger partial charge in [-0.05, 0) is 30.3 Å². The van der Waals surface area contributed by atoms with Gasteiger partial charge in [0, 0.05) is 34.6 Å². The summed E-state index contributed by atoms with van der Waals surface area (Å²) in [5.74, 6) is -0.640. The first-order valence-electron chi connectivity index (χ1n) is 8.23. The van der Waals surface area contributed by atoms with Crippen LogP contribution in [0.25, 0.3) is 27.0 Å². The van der Waals surface area contributed by atoms with Gasteiger partial charge in [0.05, 0.1) is 31.5 Å². The molecule has 3 heterocycles. The molecule has 0 aliphatic heterocycles. The molecule has 28 heavy (non-hydrogen) atoms. The number of rotatable bonds is 2. The molecule has 5 rings (SSSR count). The standard InChI is InChI=1S/C20H10Cl2N2O2S2/c1-24-15-5-9(28-17(15)8-16(24)20-23-2-3-27-20)4-12-18(25)10-6-13(21)14(22)7-11(10)19(12)26/h2-8H,1H3. The summed E-state index contributed by atoms with van der Waals surface area (Å²) in [6.45, 7) is 0. The second-order valence-corrected chi connectivity index (χ2v) is 9.18. The van der Waals surface area contributed by atoms with E-state index in [0.717, 1.165) is 25.8 Å². The highest BCUT2D eigenvalue weighted by Crippen LogP contribution is 2.37. The molecule has 1 aromatic carbocycles. The van der Waals surface area contributed by atoms with E-state index < -0.39 is 0 Å². The number of thiophene rings is 1. The summed E-state index contributed by atoms with van der Waals surface area (Å²) in [6.07, 6.45) is 3.44. The maximum absolute atomic E-state index is 12.7. The van der Waals surface area contributed by atoms with E-state index in [1.54, 1.807) is 23.6 Å². The number of hydrogen-bond acceptors (Lipinski definition) is 5. The molecule has 1 aliphatic carbocycles. The molecule has 8 heteroatoms. The van der Waals surface area contributed by atoms with Crippen LogP contribution < -0.4 is 0 Å². The van der Waals surface area contributed by atoms with E-state index in [0.29, 0.717) is 11.1 Å². The lowest BCUT2D eigenvalue weighted by atomic mass is 10.1. The van der Waals surface area contributed by atoms with E-state index in [9.17, 15) is 9.59 Å². The van der Waals surface area contributed by atoms with Gasteiger partial charge in [0.1, 0.15) is 5.01 Å². The maximum atomic E-state index is 12.7. The van der Waals surface area contributed by atoms with Gasteiger partial charge in [0.2, 0.25) is 0 Å².